The summed E-state index contributed by atoms with van der Waals surface area (Å²) >= 11 is 6.21. The third-order valence-electron chi connectivity index (χ3n) is 10.2. The van der Waals surface area contributed by atoms with Gasteiger partial charge in [-0.2, -0.15) is 5.10 Å². The summed E-state index contributed by atoms with van der Waals surface area (Å²) in [5.41, 5.74) is 6.24. The fraction of sp³-hybridized carbons (Fsp3) is 0.645. The van der Waals surface area contributed by atoms with Crippen LogP contribution < -0.4 is 21.1 Å². The molecule has 2 heterocycles. The van der Waals surface area contributed by atoms with Gasteiger partial charge in [-0.15, -0.1) is 0 Å². The molecule has 2 aromatic rings. The van der Waals surface area contributed by atoms with Gasteiger partial charge in [0.2, 0.25) is 0 Å². The lowest BCUT2D eigenvalue weighted by Gasteiger charge is -2.55. The van der Waals surface area contributed by atoms with Crippen LogP contribution in [0.2, 0.25) is 5.02 Å². The number of anilines is 2. The maximum Gasteiger partial charge on any atom is 0.321 e. The molecule has 1 saturated heterocycles. The van der Waals surface area contributed by atoms with E-state index in [2.05, 4.69) is 15.7 Å². The quantitative estimate of drug-likeness (QED) is 0.370. The summed E-state index contributed by atoms with van der Waals surface area (Å²) in [6.07, 6.45) is 9.42. The van der Waals surface area contributed by atoms with E-state index in [1.807, 2.05) is 26.0 Å². The van der Waals surface area contributed by atoms with Crippen LogP contribution in [0.4, 0.5) is 16.3 Å². The number of hydrogen-bond donors (Lipinski definition) is 4. The highest BCUT2D eigenvalue weighted by Gasteiger charge is 2.74. The molecular weight excluding hydrogens is 556 g/mol. The van der Waals surface area contributed by atoms with E-state index in [-0.39, 0.29) is 28.4 Å². The van der Waals surface area contributed by atoms with Gasteiger partial charge in [-0.05, 0) is 81.3 Å². The Labute approximate surface area is 253 Å². The number of piperidine rings is 1. The molecule has 3 amide bonds. The molecule has 3 bridgehead atoms. The summed E-state index contributed by atoms with van der Waals surface area (Å²) in [5, 5.41) is 20.9. The van der Waals surface area contributed by atoms with Gasteiger partial charge in [0, 0.05) is 31.6 Å². The zero-order valence-corrected chi connectivity index (χ0v) is 25.9. The minimum atomic E-state index is -0.670. The number of aromatic nitrogens is 2. The molecule has 10 nitrogen and oxygen atoms in total. The van der Waals surface area contributed by atoms with Crippen molar-refractivity contribution in [3.63, 3.8) is 0 Å². The number of primary amides is 1. The highest BCUT2D eigenvalue weighted by molar-refractivity contribution is 6.35. The van der Waals surface area contributed by atoms with Gasteiger partial charge in [0.25, 0.3) is 5.91 Å². The fourth-order valence-electron chi connectivity index (χ4n) is 8.51. The number of likely N-dealkylation sites (tertiary alicyclic amines) is 1. The second kappa shape index (κ2) is 12.0. The van der Waals surface area contributed by atoms with E-state index < -0.39 is 5.91 Å². The number of methoxy groups -OCH3 is 1. The van der Waals surface area contributed by atoms with Crippen LogP contribution in [0.5, 0.6) is 5.75 Å². The van der Waals surface area contributed by atoms with Crippen LogP contribution in [0.15, 0.2) is 24.3 Å². The number of hydrogen-bond acceptors (Lipinski definition) is 6. The second-order valence-electron chi connectivity index (χ2n) is 12.4. The molecular formula is C31H45ClN6O4. The van der Waals surface area contributed by atoms with E-state index in [9.17, 15) is 14.7 Å². The molecule has 1 aliphatic heterocycles. The molecule has 4 aliphatic carbocycles. The number of benzene rings is 1. The van der Waals surface area contributed by atoms with E-state index in [4.69, 9.17) is 22.1 Å². The zero-order valence-electron chi connectivity index (χ0n) is 25.2. The van der Waals surface area contributed by atoms with E-state index in [0.29, 0.717) is 35.8 Å². The molecule has 1 spiro atoms. The van der Waals surface area contributed by atoms with Crippen LogP contribution in [-0.4, -0.2) is 63.6 Å². The summed E-state index contributed by atoms with van der Waals surface area (Å²) in [7, 11) is 3.26. The van der Waals surface area contributed by atoms with Gasteiger partial charge in [0.15, 0.2) is 5.69 Å². The Morgan fingerprint density at radius 1 is 1.10 bits per heavy atom. The van der Waals surface area contributed by atoms with Crippen LogP contribution in [0, 0.1) is 23.2 Å². The number of nitrogens with two attached hydrogens (primary N) is 1. The number of fused-ring (bicyclic) bond motifs is 2. The van der Waals surface area contributed by atoms with E-state index in [1.54, 1.807) is 31.2 Å². The van der Waals surface area contributed by atoms with Gasteiger partial charge in [-0.3, -0.25) is 9.48 Å². The number of para-hydroxylation sites is 2. The Hall–Kier alpha value is -2.98. The van der Waals surface area contributed by atoms with Gasteiger partial charge in [0.1, 0.15) is 16.6 Å². The molecule has 0 radical (unpaired) electrons. The SMILES string of the molecule is CC.COc1ccccc1NC(=O)N1CCC(Nc2c(Cl)c(C(N)=O)nn2C)CC1.OC12CC3CC4CC(C1)C2(C4)C3. The van der Waals surface area contributed by atoms with Crippen molar-refractivity contribution in [1.82, 2.24) is 14.7 Å². The van der Waals surface area contributed by atoms with Gasteiger partial charge in [-0.1, -0.05) is 37.6 Å². The monoisotopic (exact) mass is 600 g/mol. The molecule has 1 aromatic heterocycles. The topological polar surface area (TPSA) is 135 Å². The molecule has 5 aliphatic rings. The third kappa shape index (κ3) is 5.32. The van der Waals surface area contributed by atoms with Crippen molar-refractivity contribution >= 4 is 35.0 Å². The number of carbonyl (C=O) groups is 2. The van der Waals surface area contributed by atoms with Gasteiger partial charge in [0.05, 0.1) is 18.4 Å². The molecule has 230 valence electrons. The lowest BCUT2D eigenvalue weighted by Crippen LogP contribution is -2.57. The van der Waals surface area contributed by atoms with Crippen LogP contribution in [0.25, 0.3) is 0 Å². The lowest BCUT2D eigenvalue weighted by molar-refractivity contribution is -0.176. The Morgan fingerprint density at radius 3 is 2.45 bits per heavy atom. The fourth-order valence-corrected chi connectivity index (χ4v) is 8.81. The van der Waals surface area contributed by atoms with Crippen molar-refractivity contribution < 1.29 is 19.4 Å². The summed E-state index contributed by atoms with van der Waals surface area (Å²) in [5.74, 6) is 3.33. The van der Waals surface area contributed by atoms with Crippen molar-refractivity contribution in [3.05, 3.63) is 35.0 Å². The molecule has 5 fully saturated rings. The van der Waals surface area contributed by atoms with Crippen molar-refractivity contribution in [2.75, 3.05) is 30.8 Å². The van der Waals surface area contributed by atoms with Crippen LogP contribution >= 0.6 is 11.6 Å². The Morgan fingerprint density at radius 2 is 1.79 bits per heavy atom. The minimum absolute atomic E-state index is 0.0419. The maximum atomic E-state index is 12.5. The van der Waals surface area contributed by atoms with Gasteiger partial charge in [-0.25, -0.2) is 4.79 Å². The molecule has 5 atom stereocenters. The van der Waals surface area contributed by atoms with Crippen LogP contribution in [-0.2, 0) is 7.05 Å². The second-order valence-corrected chi connectivity index (χ2v) is 12.8. The number of amides is 3. The van der Waals surface area contributed by atoms with E-state index in [1.165, 1.54) is 30.4 Å². The number of nitrogens with zero attached hydrogens (tertiary/aromatic N) is 3. The highest BCUT2D eigenvalue weighted by atomic mass is 35.5. The first kappa shape index (κ1) is 30.5. The number of rotatable bonds is 5. The summed E-state index contributed by atoms with van der Waals surface area (Å²) in [6.45, 7) is 5.16. The first-order valence-electron chi connectivity index (χ1n) is 15.3. The smallest absolute Gasteiger partial charge is 0.321 e. The number of halogens is 1. The number of nitrogens with one attached hydrogen (secondary N) is 2. The first-order valence-corrected chi connectivity index (χ1v) is 15.7. The lowest BCUT2D eigenvalue weighted by atomic mass is 9.53. The Balaban J connectivity index is 0.000000205. The number of aliphatic hydroxyl groups is 1. The highest BCUT2D eigenvalue weighted by Crippen LogP contribution is 2.77. The summed E-state index contributed by atoms with van der Waals surface area (Å²) in [6, 6.07) is 7.21. The van der Waals surface area contributed by atoms with Crippen molar-refractivity contribution in [2.45, 2.75) is 76.9 Å². The first-order chi connectivity index (χ1) is 20.1. The summed E-state index contributed by atoms with van der Waals surface area (Å²) in [4.78, 5) is 25.7. The molecule has 42 heavy (non-hydrogen) atoms. The predicted octanol–water partition coefficient (Wildman–Crippen LogP) is 5.26. The molecule has 5 N–H and O–H groups in total. The maximum absolute atomic E-state index is 12.5. The summed E-state index contributed by atoms with van der Waals surface area (Å²) < 4.78 is 6.76. The predicted molar refractivity (Wildman–Crippen MR) is 164 cm³/mol. The van der Waals surface area contributed by atoms with Crippen molar-refractivity contribution in [2.24, 2.45) is 36.0 Å². The third-order valence-corrected chi connectivity index (χ3v) is 10.6. The molecule has 11 heteroatoms. The molecule has 7 rings (SSSR count). The largest absolute Gasteiger partial charge is 0.495 e. The Bertz CT molecular complexity index is 1300. The Kier molecular flexibility index (Phi) is 8.67. The average Bonchev–Trinajstić information content (AvgIpc) is 3.45. The average molecular weight is 601 g/mol. The molecule has 5 unspecified atom stereocenters. The van der Waals surface area contributed by atoms with Gasteiger partial charge >= 0.3 is 6.03 Å². The molecule has 4 saturated carbocycles. The van der Waals surface area contributed by atoms with Crippen LogP contribution in [0.1, 0.15) is 75.7 Å². The van der Waals surface area contributed by atoms with Crippen molar-refractivity contribution in [3.8, 4) is 5.75 Å². The minimum Gasteiger partial charge on any atom is -0.495 e. The number of aryl methyl sites for hydroxylation is 1. The number of urea groups is 1. The van der Waals surface area contributed by atoms with E-state index in [0.717, 1.165) is 43.4 Å². The van der Waals surface area contributed by atoms with Crippen LogP contribution in [0.3, 0.4) is 0 Å². The van der Waals surface area contributed by atoms with Gasteiger partial charge < -0.3 is 31.1 Å². The normalized spacial score (nSPS) is 30.2. The standard InChI is InChI=1S/C18H23ClN6O3.C11H16O.C2H6/c1-24-17(14(19)15(23-24)16(20)26)21-11-7-9-25(10-8-11)18(27)22-12-5-3-4-6-13(12)28-2;12-11-5-8-1-7-2-9(6-11)10(11,3-7)4-8;1-2/h3-6,11,21H,7-10H2,1-2H3,(H2,20,26)(H,22,27);7-9,12H,1-6H2;1-2H3. The van der Waals surface area contributed by atoms with Crippen molar-refractivity contribution in [1.29, 1.82) is 0 Å². The zero-order chi connectivity index (χ0) is 30.2. The number of carbonyl (C=O) groups excluding carboxylic acids is 2. The number of ether oxygens (including phenoxy) is 1. The van der Waals surface area contributed by atoms with E-state index >= 15 is 0 Å². The molecule has 1 aromatic carbocycles.